The zero-order valence-electron chi connectivity index (χ0n) is 7.23. The van der Waals surface area contributed by atoms with E-state index in [2.05, 4.69) is 0 Å². The van der Waals surface area contributed by atoms with Crippen LogP contribution >= 0.6 is 46.4 Å². The number of carbonyl (C=O) groups excluding carboxylic acids is 1. The summed E-state index contributed by atoms with van der Waals surface area (Å²) in [7, 11) is 0. The molecule has 1 aliphatic rings. The van der Waals surface area contributed by atoms with Crippen LogP contribution in [0.5, 0.6) is 0 Å². The average molecular weight is 264 g/mol. The Kier molecular flexibility index (Phi) is 3.45. The van der Waals surface area contributed by atoms with Crippen molar-refractivity contribution in [3.63, 3.8) is 0 Å². The second-order valence-corrected chi connectivity index (χ2v) is 5.95. The van der Waals surface area contributed by atoms with E-state index in [0.717, 1.165) is 0 Å². The summed E-state index contributed by atoms with van der Waals surface area (Å²) in [6, 6.07) is 0. The average Bonchev–Trinajstić information content (AvgIpc) is 2.03. The zero-order chi connectivity index (χ0) is 10.4. The first-order chi connectivity index (χ1) is 5.80. The molecule has 0 aromatic carbocycles. The van der Waals surface area contributed by atoms with Crippen LogP contribution in [0.25, 0.3) is 0 Å². The summed E-state index contributed by atoms with van der Waals surface area (Å²) in [5.41, 5.74) is -0.312. The van der Waals surface area contributed by atoms with Gasteiger partial charge in [-0.05, 0) is 5.41 Å². The number of halogens is 4. The molecule has 5 heteroatoms. The zero-order valence-corrected chi connectivity index (χ0v) is 10.3. The van der Waals surface area contributed by atoms with E-state index in [0.29, 0.717) is 0 Å². The van der Waals surface area contributed by atoms with Crippen molar-refractivity contribution in [1.29, 1.82) is 0 Å². The second-order valence-electron chi connectivity index (χ2n) is 3.84. The number of alkyl halides is 4. The molecule has 0 bridgehead atoms. The number of hydrogen-bond donors (Lipinski definition) is 0. The Labute approximate surface area is 97.7 Å². The summed E-state index contributed by atoms with van der Waals surface area (Å²) in [5, 5.41) is -1.02. The summed E-state index contributed by atoms with van der Waals surface area (Å²) in [5.74, 6) is -0.394. The van der Waals surface area contributed by atoms with Gasteiger partial charge in [0.1, 0.15) is 4.84 Å². The van der Waals surface area contributed by atoms with Gasteiger partial charge in [0.15, 0.2) is 5.78 Å². The largest absolute Gasteiger partial charge is 0.298 e. The minimum Gasteiger partial charge on any atom is -0.298 e. The van der Waals surface area contributed by atoms with E-state index in [1.165, 1.54) is 0 Å². The van der Waals surface area contributed by atoms with Crippen molar-refractivity contribution in [1.82, 2.24) is 0 Å². The molecule has 0 heterocycles. The monoisotopic (exact) mass is 262 g/mol. The Morgan fingerprint density at radius 3 is 2.08 bits per heavy atom. The summed E-state index contributed by atoms with van der Waals surface area (Å²) in [6.07, 6.45) is 0. The van der Waals surface area contributed by atoms with Crippen molar-refractivity contribution in [3.8, 4) is 0 Å². The lowest BCUT2D eigenvalue weighted by Gasteiger charge is -2.49. The normalized spacial score (nSPS) is 34.5. The molecule has 1 aliphatic carbocycles. The van der Waals surface area contributed by atoms with E-state index in [-0.39, 0.29) is 17.1 Å². The van der Waals surface area contributed by atoms with Gasteiger partial charge < -0.3 is 0 Å². The van der Waals surface area contributed by atoms with Crippen molar-refractivity contribution in [2.24, 2.45) is 11.3 Å². The van der Waals surface area contributed by atoms with Crippen LogP contribution in [0.1, 0.15) is 13.8 Å². The third kappa shape index (κ3) is 1.81. The smallest absolute Gasteiger partial charge is 0.156 e. The molecule has 1 saturated carbocycles. The number of hydrogen-bond acceptors (Lipinski definition) is 1. The molecule has 0 aromatic heterocycles. The molecule has 0 radical (unpaired) electrons. The van der Waals surface area contributed by atoms with E-state index in [1.54, 1.807) is 0 Å². The van der Waals surface area contributed by atoms with Crippen molar-refractivity contribution < 1.29 is 4.79 Å². The molecular formula is C8H10Cl4O. The first-order valence-corrected chi connectivity index (χ1v) is 5.64. The van der Waals surface area contributed by atoms with Crippen LogP contribution in [0.2, 0.25) is 0 Å². The molecule has 1 rings (SSSR count). The summed E-state index contributed by atoms with van der Waals surface area (Å²) < 4.78 is 0. The molecule has 1 nitrogen and oxygen atoms in total. The fourth-order valence-electron chi connectivity index (χ4n) is 1.67. The van der Waals surface area contributed by atoms with Gasteiger partial charge in [0.25, 0.3) is 0 Å². The predicted molar refractivity (Wildman–Crippen MR) is 57.1 cm³/mol. The quantitative estimate of drug-likeness (QED) is 0.700. The van der Waals surface area contributed by atoms with Crippen LogP contribution in [0.3, 0.4) is 0 Å². The maximum absolute atomic E-state index is 11.4. The van der Waals surface area contributed by atoms with Crippen molar-refractivity contribution >= 4 is 52.2 Å². The van der Waals surface area contributed by atoms with Gasteiger partial charge >= 0.3 is 0 Å². The summed E-state index contributed by atoms with van der Waals surface area (Å²) >= 11 is 23.0. The van der Waals surface area contributed by atoms with Gasteiger partial charge in [-0.25, -0.2) is 0 Å². The van der Waals surface area contributed by atoms with Gasteiger partial charge in [0, 0.05) is 5.92 Å². The first kappa shape index (κ1) is 11.9. The molecule has 0 aliphatic heterocycles. The maximum Gasteiger partial charge on any atom is 0.156 e. The molecule has 3 atom stereocenters. The van der Waals surface area contributed by atoms with Crippen molar-refractivity contribution in [2.45, 2.75) is 29.4 Å². The Morgan fingerprint density at radius 2 is 1.77 bits per heavy atom. The van der Waals surface area contributed by atoms with Crippen LogP contribution in [0.15, 0.2) is 0 Å². The molecule has 1 fully saturated rings. The molecule has 0 N–H and O–H groups in total. The van der Waals surface area contributed by atoms with Gasteiger partial charge in [-0.3, -0.25) is 4.79 Å². The van der Waals surface area contributed by atoms with E-state index >= 15 is 0 Å². The van der Waals surface area contributed by atoms with E-state index < -0.39 is 15.6 Å². The van der Waals surface area contributed by atoms with Crippen LogP contribution in [0, 0.1) is 11.3 Å². The number of Topliss-reactive ketones (excluding diaryl/α,β-unsaturated/α-hetero) is 1. The molecule has 76 valence electrons. The number of ketones is 1. The molecule has 0 spiro atoms. The molecule has 3 unspecified atom stereocenters. The highest BCUT2D eigenvalue weighted by atomic mass is 35.5. The fraction of sp³-hybridized carbons (Fsp3) is 0.875. The Balaban J connectivity index is 2.77. The fourth-order valence-corrected chi connectivity index (χ4v) is 2.68. The predicted octanol–water partition coefficient (Wildman–Crippen LogP) is 3.23. The first-order valence-electron chi connectivity index (χ1n) is 3.90. The number of rotatable bonds is 2. The lowest BCUT2D eigenvalue weighted by atomic mass is 9.60. The lowest BCUT2D eigenvalue weighted by Crippen LogP contribution is -2.60. The third-order valence-corrected chi connectivity index (χ3v) is 4.65. The molecule has 13 heavy (non-hydrogen) atoms. The summed E-state index contributed by atoms with van der Waals surface area (Å²) in [6.45, 7) is 3.78. The lowest BCUT2D eigenvalue weighted by molar-refractivity contribution is -0.139. The van der Waals surface area contributed by atoms with Crippen LogP contribution in [-0.2, 0) is 4.79 Å². The van der Waals surface area contributed by atoms with Gasteiger partial charge in [-0.15, -0.1) is 46.4 Å². The van der Waals surface area contributed by atoms with Gasteiger partial charge in [-0.2, -0.15) is 0 Å². The standard InChI is InChI=1S/C8H10Cl4O/c1-8(2)3(4(9)7(11)12)5(13)6(8)10/h3-4,6-7H,1-2H3. The van der Waals surface area contributed by atoms with Crippen molar-refractivity contribution in [3.05, 3.63) is 0 Å². The van der Waals surface area contributed by atoms with E-state index in [1.807, 2.05) is 13.8 Å². The van der Waals surface area contributed by atoms with Crippen molar-refractivity contribution in [2.75, 3.05) is 0 Å². The van der Waals surface area contributed by atoms with E-state index in [9.17, 15) is 4.79 Å². The third-order valence-electron chi connectivity index (χ3n) is 2.57. The highest BCUT2D eigenvalue weighted by Crippen LogP contribution is 2.51. The van der Waals surface area contributed by atoms with Gasteiger partial charge in [0.05, 0.1) is 10.8 Å². The van der Waals surface area contributed by atoms with E-state index in [4.69, 9.17) is 46.4 Å². The van der Waals surface area contributed by atoms with Crippen LogP contribution in [-0.4, -0.2) is 21.4 Å². The Hall–Kier alpha value is 0.830. The molecule has 0 saturated heterocycles. The minimum absolute atomic E-state index is 0.0574. The Bertz CT molecular complexity index is 226. The second kappa shape index (κ2) is 3.77. The minimum atomic E-state index is -0.737. The van der Waals surface area contributed by atoms with Gasteiger partial charge in [0.2, 0.25) is 0 Å². The highest BCUT2D eigenvalue weighted by Gasteiger charge is 2.58. The highest BCUT2D eigenvalue weighted by molar-refractivity contribution is 6.49. The molecule has 0 aromatic rings. The number of carbonyl (C=O) groups is 1. The van der Waals surface area contributed by atoms with Gasteiger partial charge in [-0.1, -0.05) is 13.8 Å². The SMILES string of the molecule is CC1(C)C(Cl)C(=O)C1C(Cl)C(Cl)Cl. The van der Waals surface area contributed by atoms with Crippen LogP contribution < -0.4 is 0 Å². The summed E-state index contributed by atoms with van der Waals surface area (Å²) in [4.78, 5) is 10.7. The topological polar surface area (TPSA) is 17.1 Å². The molecule has 0 amide bonds. The maximum atomic E-state index is 11.4. The molecular weight excluding hydrogens is 254 g/mol. The Morgan fingerprint density at radius 1 is 1.31 bits per heavy atom. The van der Waals surface area contributed by atoms with Crippen LogP contribution in [0.4, 0.5) is 0 Å².